The fourth-order valence-electron chi connectivity index (χ4n) is 6.61. The molecule has 0 amide bonds. The summed E-state index contributed by atoms with van der Waals surface area (Å²) in [7, 11) is 0. The van der Waals surface area contributed by atoms with Gasteiger partial charge in [0.05, 0.1) is 0 Å². The van der Waals surface area contributed by atoms with Gasteiger partial charge in [0.2, 0.25) is 0 Å². The first kappa shape index (κ1) is 24.3. The average molecular weight is 533 g/mol. The van der Waals surface area contributed by atoms with Crippen molar-refractivity contribution in [1.82, 2.24) is 0 Å². The first-order valence-electron chi connectivity index (χ1n) is 14.5. The van der Waals surface area contributed by atoms with Crippen LogP contribution in [-0.4, -0.2) is 0 Å². The minimum Gasteiger partial charge on any atom is -0.0622 e. The van der Waals surface area contributed by atoms with Crippen molar-refractivity contribution in [2.75, 3.05) is 0 Å². The van der Waals surface area contributed by atoms with E-state index < -0.39 is 0 Å². The number of rotatable bonds is 4. The van der Waals surface area contributed by atoms with Crippen LogP contribution < -0.4 is 0 Å². The molecule has 8 rings (SSSR count). The predicted molar refractivity (Wildman–Crippen MR) is 181 cm³/mol. The second-order valence-electron chi connectivity index (χ2n) is 10.9. The molecular formula is C42H28. The van der Waals surface area contributed by atoms with Crippen LogP contribution in [0.2, 0.25) is 0 Å². The molecule has 8 aromatic rings. The van der Waals surface area contributed by atoms with Crippen molar-refractivity contribution >= 4 is 32.3 Å². The van der Waals surface area contributed by atoms with Crippen molar-refractivity contribution in [2.24, 2.45) is 0 Å². The molecule has 0 spiro atoms. The van der Waals surface area contributed by atoms with Gasteiger partial charge in [-0.05, 0) is 89.0 Å². The summed E-state index contributed by atoms with van der Waals surface area (Å²) in [5, 5.41) is 7.59. The van der Waals surface area contributed by atoms with E-state index in [1.807, 2.05) is 0 Å². The average Bonchev–Trinajstić information content (AvgIpc) is 3.07. The van der Waals surface area contributed by atoms with Gasteiger partial charge in [-0.15, -0.1) is 0 Å². The lowest BCUT2D eigenvalue weighted by molar-refractivity contribution is 1.60. The third-order valence-corrected chi connectivity index (χ3v) is 8.45. The molecule has 0 aromatic heterocycles. The van der Waals surface area contributed by atoms with E-state index in [1.54, 1.807) is 0 Å². The zero-order chi connectivity index (χ0) is 27.9. The maximum Gasteiger partial charge on any atom is -0.00201 e. The largest absolute Gasteiger partial charge is 0.0622 e. The number of benzene rings is 8. The van der Waals surface area contributed by atoms with E-state index in [0.29, 0.717) is 0 Å². The van der Waals surface area contributed by atoms with Crippen LogP contribution in [0.25, 0.3) is 76.8 Å². The smallest absolute Gasteiger partial charge is 0.00201 e. The topological polar surface area (TPSA) is 0 Å². The minimum atomic E-state index is 1.23. The lowest BCUT2D eigenvalue weighted by Crippen LogP contribution is -1.93. The van der Waals surface area contributed by atoms with E-state index in [9.17, 15) is 0 Å². The highest BCUT2D eigenvalue weighted by Crippen LogP contribution is 2.47. The maximum absolute atomic E-state index is 2.39. The van der Waals surface area contributed by atoms with Gasteiger partial charge in [0, 0.05) is 0 Å². The van der Waals surface area contributed by atoms with Crippen molar-refractivity contribution in [1.29, 1.82) is 0 Å². The molecule has 0 aliphatic carbocycles. The Balaban J connectivity index is 1.49. The number of hydrogen-bond donors (Lipinski definition) is 0. The van der Waals surface area contributed by atoms with Gasteiger partial charge >= 0.3 is 0 Å². The maximum atomic E-state index is 2.39. The quantitative estimate of drug-likeness (QED) is 0.198. The van der Waals surface area contributed by atoms with Crippen molar-refractivity contribution < 1.29 is 0 Å². The fraction of sp³-hybridized carbons (Fsp3) is 0. The Hall–Kier alpha value is -5.46. The van der Waals surface area contributed by atoms with Crippen LogP contribution in [0, 0.1) is 0 Å². The summed E-state index contributed by atoms with van der Waals surface area (Å²) in [4.78, 5) is 0. The Kier molecular flexibility index (Phi) is 5.90. The van der Waals surface area contributed by atoms with E-state index in [0.717, 1.165) is 0 Å². The first-order valence-corrected chi connectivity index (χ1v) is 14.5. The number of fused-ring (bicyclic) bond motifs is 3. The van der Waals surface area contributed by atoms with Crippen LogP contribution >= 0.6 is 0 Å². The summed E-state index contributed by atoms with van der Waals surface area (Å²) >= 11 is 0. The molecular weight excluding hydrogens is 504 g/mol. The van der Waals surface area contributed by atoms with E-state index in [2.05, 4.69) is 170 Å². The molecule has 196 valence electrons. The molecule has 0 aliphatic rings. The summed E-state index contributed by atoms with van der Waals surface area (Å²) in [5.41, 5.74) is 10.0. The van der Waals surface area contributed by atoms with Gasteiger partial charge in [0.1, 0.15) is 0 Å². The molecule has 0 aliphatic heterocycles. The Morgan fingerprint density at radius 1 is 0.238 bits per heavy atom. The molecule has 0 nitrogen and oxygen atoms in total. The molecule has 42 heavy (non-hydrogen) atoms. The Morgan fingerprint density at radius 3 is 1.26 bits per heavy atom. The van der Waals surface area contributed by atoms with Gasteiger partial charge in [-0.2, -0.15) is 0 Å². The van der Waals surface area contributed by atoms with Crippen LogP contribution in [0.15, 0.2) is 170 Å². The second-order valence-corrected chi connectivity index (χ2v) is 10.9. The Morgan fingerprint density at radius 2 is 0.667 bits per heavy atom. The summed E-state index contributed by atoms with van der Waals surface area (Å²) in [6.45, 7) is 0. The Labute approximate surface area is 246 Å². The van der Waals surface area contributed by atoms with Crippen LogP contribution in [0.1, 0.15) is 0 Å². The standard InChI is InChI=1S/C42H28/c1-3-15-29(16-4-1)33-20-9-10-22-35(33)42-38-25-13-11-23-36(38)41(37-24-12-14-26-39(37)42)32-27-31-19-7-8-21-34(31)40(28-32)30-17-5-2-6-18-30/h1-28H. The van der Waals surface area contributed by atoms with Gasteiger partial charge in [-0.1, -0.05) is 158 Å². The van der Waals surface area contributed by atoms with Crippen LogP contribution in [0.5, 0.6) is 0 Å². The van der Waals surface area contributed by atoms with Gasteiger partial charge in [0.25, 0.3) is 0 Å². The highest BCUT2D eigenvalue weighted by Gasteiger charge is 2.19. The molecule has 0 atom stereocenters. The molecule has 0 heteroatoms. The molecule has 0 bridgehead atoms. The van der Waals surface area contributed by atoms with Gasteiger partial charge in [-0.3, -0.25) is 0 Å². The fourth-order valence-corrected chi connectivity index (χ4v) is 6.61. The molecule has 0 unspecified atom stereocenters. The summed E-state index contributed by atoms with van der Waals surface area (Å²) < 4.78 is 0. The summed E-state index contributed by atoms with van der Waals surface area (Å²) in [6.07, 6.45) is 0. The molecule has 0 fully saturated rings. The molecule has 0 saturated carbocycles. The number of hydrogen-bond acceptors (Lipinski definition) is 0. The lowest BCUT2D eigenvalue weighted by atomic mass is 9.83. The van der Waals surface area contributed by atoms with Crippen LogP contribution in [0.3, 0.4) is 0 Å². The van der Waals surface area contributed by atoms with E-state index in [4.69, 9.17) is 0 Å². The normalized spacial score (nSPS) is 11.3. The predicted octanol–water partition coefficient (Wildman–Crippen LogP) is 11.8. The molecule has 0 radical (unpaired) electrons. The monoisotopic (exact) mass is 532 g/mol. The molecule has 0 N–H and O–H groups in total. The second kappa shape index (κ2) is 10.2. The summed E-state index contributed by atoms with van der Waals surface area (Å²) in [6, 6.07) is 61.7. The summed E-state index contributed by atoms with van der Waals surface area (Å²) in [5.74, 6) is 0. The first-order chi connectivity index (χ1) is 20.9. The lowest BCUT2D eigenvalue weighted by Gasteiger charge is -2.20. The van der Waals surface area contributed by atoms with Crippen molar-refractivity contribution in [3.8, 4) is 44.5 Å². The highest BCUT2D eigenvalue weighted by molar-refractivity contribution is 6.23. The van der Waals surface area contributed by atoms with Crippen molar-refractivity contribution in [3.05, 3.63) is 170 Å². The highest BCUT2D eigenvalue weighted by atomic mass is 14.2. The van der Waals surface area contributed by atoms with Gasteiger partial charge in [-0.25, -0.2) is 0 Å². The van der Waals surface area contributed by atoms with Gasteiger partial charge in [0.15, 0.2) is 0 Å². The van der Waals surface area contributed by atoms with Crippen LogP contribution in [0.4, 0.5) is 0 Å². The molecule has 0 heterocycles. The van der Waals surface area contributed by atoms with E-state index in [-0.39, 0.29) is 0 Å². The molecule has 8 aromatic carbocycles. The van der Waals surface area contributed by atoms with Gasteiger partial charge < -0.3 is 0 Å². The third kappa shape index (κ3) is 4.00. The zero-order valence-electron chi connectivity index (χ0n) is 23.2. The Bertz CT molecular complexity index is 2170. The van der Waals surface area contributed by atoms with Crippen molar-refractivity contribution in [2.45, 2.75) is 0 Å². The minimum absolute atomic E-state index is 1.23. The molecule has 0 saturated heterocycles. The third-order valence-electron chi connectivity index (χ3n) is 8.45. The van der Waals surface area contributed by atoms with E-state index in [1.165, 1.54) is 76.8 Å². The zero-order valence-corrected chi connectivity index (χ0v) is 23.2. The van der Waals surface area contributed by atoms with Crippen LogP contribution in [-0.2, 0) is 0 Å². The van der Waals surface area contributed by atoms with Crippen molar-refractivity contribution in [3.63, 3.8) is 0 Å². The SMILES string of the molecule is c1ccc(-c2ccccc2-c2c3ccccc3c(-c3cc(-c4ccccc4)c4ccccc4c3)c3ccccc23)cc1. The van der Waals surface area contributed by atoms with E-state index >= 15 is 0 Å².